The molecule has 1 aromatic heterocycles. The first-order valence-electron chi connectivity index (χ1n) is 9.94. The van der Waals surface area contributed by atoms with Crippen LogP contribution < -0.4 is 5.32 Å². The topological polar surface area (TPSA) is 61.0 Å². The molecule has 2 heterocycles. The second-order valence-electron chi connectivity index (χ2n) is 7.95. The predicted octanol–water partition coefficient (Wildman–Crippen LogP) is 4.03. The van der Waals surface area contributed by atoms with E-state index in [0.717, 1.165) is 42.2 Å². The molecule has 1 amide bonds. The molecular weight excluding hydrogens is 360 g/mol. The monoisotopic (exact) mass is 386 g/mol. The fraction of sp³-hybridized carbons (Fsp3) is 0.524. The Kier molecular flexibility index (Phi) is 5.50. The SMILES string of the molecule is Cc1c(-c2ccc(Cl)cc2)n[nH]c1C(=O)NC1CCCCN(CC2CC2)C1. The Labute approximate surface area is 165 Å². The number of carbonyl (C=O) groups is 1. The summed E-state index contributed by atoms with van der Waals surface area (Å²) in [6.07, 6.45) is 6.18. The lowest BCUT2D eigenvalue weighted by Gasteiger charge is -2.24. The maximum Gasteiger partial charge on any atom is 0.269 e. The first-order valence-corrected chi connectivity index (χ1v) is 10.3. The van der Waals surface area contributed by atoms with Crippen molar-refractivity contribution in [2.45, 2.75) is 45.1 Å². The lowest BCUT2D eigenvalue weighted by Crippen LogP contribution is -2.43. The summed E-state index contributed by atoms with van der Waals surface area (Å²) in [5, 5.41) is 11.2. The van der Waals surface area contributed by atoms with Crippen LogP contribution in [0.1, 0.15) is 48.2 Å². The summed E-state index contributed by atoms with van der Waals surface area (Å²) >= 11 is 5.97. The van der Waals surface area contributed by atoms with Gasteiger partial charge in [-0.25, -0.2) is 0 Å². The molecule has 1 aliphatic heterocycles. The molecule has 27 heavy (non-hydrogen) atoms. The van der Waals surface area contributed by atoms with E-state index in [4.69, 9.17) is 11.6 Å². The van der Waals surface area contributed by atoms with Gasteiger partial charge in [0, 0.05) is 35.3 Å². The normalized spacial score (nSPS) is 21.0. The van der Waals surface area contributed by atoms with Crippen molar-refractivity contribution in [2.75, 3.05) is 19.6 Å². The molecule has 5 nitrogen and oxygen atoms in total. The molecule has 1 saturated heterocycles. The molecule has 2 aliphatic rings. The lowest BCUT2D eigenvalue weighted by molar-refractivity contribution is 0.0920. The Morgan fingerprint density at radius 2 is 2.04 bits per heavy atom. The Balaban J connectivity index is 1.43. The highest BCUT2D eigenvalue weighted by Crippen LogP contribution is 2.30. The third-order valence-corrected chi connectivity index (χ3v) is 5.91. The summed E-state index contributed by atoms with van der Waals surface area (Å²) in [6, 6.07) is 7.73. The Bertz CT molecular complexity index is 797. The quantitative estimate of drug-likeness (QED) is 0.815. The molecular formula is C21H27ClN4O. The standard InChI is InChI=1S/C21H27ClN4O/c1-14-19(16-7-9-17(22)10-8-16)24-25-20(14)21(27)23-18-4-2-3-11-26(13-18)12-15-5-6-15/h7-10,15,18H,2-6,11-13H2,1H3,(H,23,27)(H,24,25). The second kappa shape index (κ2) is 8.03. The predicted molar refractivity (Wildman–Crippen MR) is 108 cm³/mol. The van der Waals surface area contributed by atoms with Gasteiger partial charge in [0.15, 0.2) is 0 Å². The van der Waals surface area contributed by atoms with Crippen LogP contribution in [0.3, 0.4) is 0 Å². The Morgan fingerprint density at radius 1 is 1.26 bits per heavy atom. The number of aromatic amines is 1. The van der Waals surface area contributed by atoms with Crippen LogP contribution in [-0.4, -0.2) is 46.7 Å². The number of carbonyl (C=O) groups excluding carboxylic acids is 1. The zero-order valence-electron chi connectivity index (χ0n) is 15.8. The van der Waals surface area contributed by atoms with Crippen LogP contribution in [-0.2, 0) is 0 Å². The third kappa shape index (κ3) is 4.53. The molecule has 4 rings (SSSR count). The van der Waals surface area contributed by atoms with E-state index in [1.54, 1.807) is 0 Å². The summed E-state index contributed by atoms with van der Waals surface area (Å²) in [5.74, 6) is 0.828. The minimum Gasteiger partial charge on any atom is -0.347 e. The van der Waals surface area contributed by atoms with Gasteiger partial charge in [0.05, 0.1) is 5.69 Å². The third-order valence-electron chi connectivity index (χ3n) is 5.66. The maximum absolute atomic E-state index is 12.9. The molecule has 0 bridgehead atoms. The molecule has 0 spiro atoms. The first kappa shape index (κ1) is 18.5. The van der Waals surface area contributed by atoms with Crippen LogP contribution in [0.25, 0.3) is 11.3 Å². The fourth-order valence-electron chi connectivity index (χ4n) is 3.93. The summed E-state index contributed by atoms with van der Waals surface area (Å²) in [4.78, 5) is 15.4. The van der Waals surface area contributed by atoms with Crippen molar-refractivity contribution >= 4 is 17.5 Å². The Morgan fingerprint density at radius 3 is 2.78 bits per heavy atom. The zero-order chi connectivity index (χ0) is 18.8. The molecule has 2 aromatic rings. The van der Waals surface area contributed by atoms with E-state index in [1.807, 2.05) is 31.2 Å². The highest BCUT2D eigenvalue weighted by atomic mass is 35.5. The van der Waals surface area contributed by atoms with E-state index in [1.165, 1.54) is 32.2 Å². The number of rotatable bonds is 5. The number of hydrogen-bond acceptors (Lipinski definition) is 3. The molecule has 144 valence electrons. The van der Waals surface area contributed by atoms with Gasteiger partial charge in [-0.15, -0.1) is 0 Å². The minimum atomic E-state index is -0.0570. The van der Waals surface area contributed by atoms with E-state index >= 15 is 0 Å². The maximum atomic E-state index is 12.9. The van der Waals surface area contributed by atoms with Crippen molar-refractivity contribution in [1.29, 1.82) is 0 Å². The van der Waals surface area contributed by atoms with Crippen molar-refractivity contribution in [1.82, 2.24) is 20.4 Å². The van der Waals surface area contributed by atoms with E-state index < -0.39 is 0 Å². The van der Waals surface area contributed by atoms with Crippen molar-refractivity contribution < 1.29 is 4.79 Å². The molecule has 0 radical (unpaired) electrons. The highest BCUT2D eigenvalue weighted by Gasteiger charge is 2.28. The number of halogens is 1. The molecule has 1 unspecified atom stereocenters. The van der Waals surface area contributed by atoms with Gasteiger partial charge in [-0.2, -0.15) is 5.10 Å². The van der Waals surface area contributed by atoms with Gasteiger partial charge < -0.3 is 10.2 Å². The zero-order valence-corrected chi connectivity index (χ0v) is 16.6. The van der Waals surface area contributed by atoms with E-state index in [0.29, 0.717) is 10.7 Å². The van der Waals surface area contributed by atoms with Gasteiger partial charge in [-0.05, 0) is 57.2 Å². The van der Waals surface area contributed by atoms with Crippen LogP contribution in [0.2, 0.25) is 5.02 Å². The fourth-order valence-corrected chi connectivity index (χ4v) is 4.06. The lowest BCUT2D eigenvalue weighted by atomic mass is 10.1. The van der Waals surface area contributed by atoms with Crippen LogP contribution >= 0.6 is 11.6 Å². The molecule has 1 aliphatic carbocycles. The molecule has 1 atom stereocenters. The summed E-state index contributed by atoms with van der Waals surface area (Å²) in [5.41, 5.74) is 3.18. The first-order chi connectivity index (χ1) is 13.1. The number of hydrogen-bond donors (Lipinski definition) is 2. The van der Waals surface area contributed by atoms with Gasteiger partial charge in [0.1, 0.15) is 5.69 Å². The number of amides is 1. The van der Waals surface area contributed by atoms with Crippen molar-refractivity contribution in [3.63, 3.8) is 0 Å². The number of aromatic nitrogens is 2. The molecule has 1 aromatic carbocycles. The second-order valence-corrected chi connectivity index (χ2v) is 8.38. The number of H-pyrrole nitrogens is 1. The average Bonchev–Trinajstić information content (AvgIpc) is 3.42. The van der Waals surface area contributed by atoms with E-state index in [2.05, 4.69) is 20.4 Å². The smallest absolute Gasteiger partial charge is 0.269 e. The van der Waals surface area contributed by atoms with Gasteiger partial charge in [0.25, 0.3) is 5.91 Å². The molecule has 2 fully saturated rings. The van der Waals surface area contributed by atoms with Crippen LogP contribution in [0.4, 0.5) is 0 Å². The van der Waals surface area contributed by atoms with Gasteiger partial charge in [0.2, 0.25) is 0 Å². The van der Waals surface area contributed by atoms with Gasteiger partial charge >= 0.3 is 0 Å². The number of likely N-dealkylation sites (tertiary alicyclic amines) is 1. The average molecular weight is 387 g/mol. The largest absolute Gasteiger partial charge is 0.347 e. The summed E-state index contributed by atoms with van der Waals surface area (Å²) in [6.45, 7) is 5.25. The van der Waals surface area contributed by atoms with Crippen molar-refractivity contribution in [3.8, 4) is 11.3 Å². The Hall–Kier alpha value is -1.85. The van der Waals surface area contributed by atoms with Gasteiger partial charge in [-0.1, -0.05) is 30.2 Å². The molecule has 6 heteroatoms. The van der Waals surface area contributed by atoms with Crippen LogP contribution in [0.15, 0.2) is 24.3 Å². The summed E-state index contributed by atoms with van der Waals surface area (Å²) in [7, 11) is 0. The highest BCUT2D eigenvalue weighted by molar-refractivity contribution is 6.30. The molecule has 2 N–H and O–H groups in total. The molecule has 1 saturated carbocycles. The van der Waals surface area contributed by atoms with Crippen molar-refractivity contribution in [3.05, 3.63) is 40.5 Å². The summed E-state index contributed by atoms with van der Waals surface area (Å²) < 4.78 is 0. The minimum absolute atomic E-state index is 0.0570. The number of nitrogens with one attached hydrogen (secondary N) is 2. The van der Waals surface area contributed by atoms with Crippen LogP contribution in [0.5, 0.6) is 0 Å². The number of benzene rings is 1. The van der Waals surface area contributed by atoms with Gasteiger partial charge in [-0.3, -0.25) is 9.89 Å². The number of nitrogens with zero attached hydrogens (tertiary/aromatic N) is 2. The van der Waals surface area contributed by atoms with Crippen LogP contribution in [0, 0.1) is 12.8 Å². The van der Waals surface area contributed by atoms with Crippen molar-refractivity contribution in [2.24, 2.45) is 5.92 Å². The van der Waals surface area contributed by atoms with E-state index in [-0.39, 0.29) is 11.9 Å². The van der Waals surface area contributed by atoms with E-state index in [9.17, 15) is 4.79 Å².